The highest BCUT2D eigenvalue weighted by atomic mass is 16.2. The molecule has 1 aromatic carbocycles. The zero-order valence-corrected chi connectivity index (χ0v) is 16.0. The number of pyridine rings is 1. The van der Waals surface area contributed by atoms with Crippen molar-refractivity contribution in [3.8, 4) is 0 Å². The molecule has 1 fully saturated rings. The molecule has 6 nitrogen and oxygen atoms in total. The first-order valence-corrected chi connectivity index (χ1v) is 9.98. The maximum Gasteiger partial charge on any atom is 0.234 e. The van der Waals surface area contributed by atoms with E-state index in [1.807, 2.05) is 35.2 Å². The molecule has 2 amide bonds. The third-order valence-corrected chi connectivity index (χ3v) is 5.67. The third kappa shape index (κ3) is 4.22. The molecule has 0 aliphatic carbocycles. The molecule has 28 heavy (non-hydrogen) atoms. The highest BCUT2D eigenvalue weighted by Gasteiger charge is 2.32. The molecule has 146 valence electrons. The van der Waals surface area contributed by atoms with Gasteiger partial charge in [0.2, 0.25) is 11.8 Å². The standard InChI is InChI=1S/C22H26N4O2/c27-21(24-15-17-4-3-10-23-14-17)16-25-11-7-19(8-12-25)22(28)26-13-9-18-5-1-2-6-20(18)26/h1-6,10,14,19H,7-9,11-13,15-16H2,(H,24,27). The highest BCUT2D eigenvalue weighted by Crippen LogP contribution is 2.30. The van der Waals surface area contributed by atoms with Gasteiger partial charge < -0.3 is 10.2 Å². The molecule has 4 rings (SSSR count). The molecule has 3 heterocycles. The van der Waals surface area contributed by atoms with Crippen molar-refractivity contribution in [3.05, 3.63) is 59.9 Å². The molecule has 0 bridgehead atoms. The van der Waals surface area contributed by atoms with Gasteiger partial charge in [0.1, 0.15) is 0 Å². The van der Waals surface area contributed by atoms with Gasteiger partial charge in [-0.3, -0.25) is 19.5 Å². The monoisotopic (exact) mass is 378 g/mol. The summed E-state index contributed by atoms with van der Waals surface area (Å²) in [7, 11) is 0. The summed E-state index contributed by atoms with van der Waals surface area (Å²) in [6, 6.07) is 12.0. The maximum absolute atomic E-state index is 13.0. The summed E-state index contributed by atoms with van der Waals surface area (Å²) in [6.07, 6.45) is 6.05. The molecule has 6 heteroatoms. The number of para-hydroxylation sites is 1. The van der Waals surface area contributed by atoms with Crippen molar-refractivity contribution in [2.75, 3.05) is 31.1 Å². The quantitative estimate of drug-likeness (QED) is 0.864. The molecular formula is C22H26N4O2. The van der Waals surface area contributed by atoms with Crippen molar-refractivity contribution >= 4 is 17.5 Å². The molecule has 2 aliphatic heterocycles. The minimum absolute atomic E-state index is 0.0158. The Morgan fingerprint density at radius 2 is 1.89 bits per heavy atom. The van der Waals surface area contributed by atoms with Crippen LogP contribution in [0.5, 0.6) is 0 Å². The lowest BCUT2D eigenvalue weighted by Gasteiger charge is -2.32. The Labute approximate surface area is 165 Å². The third-order valence-electron chi connectivity index (χ3n) is 5.67. The van der Waals surface area contributed by atoms with Crippen molar-refractivity contribution in [3.63, 3.8) is 0 Å². The number of likely N-dealkylation sites (tertiary alicyclic amines) is 1. The number of nitrogens with one attached hydrogen (secondary N) is 1. The molecule has 1 N–H and O–H groups in total. The second kappa shape index (κ2) is 8.52. The minimum Gasteiger partial charge on any atom is -0.351 e. The summed E-state index contributed by atoms with van der Waals surface area (Å²) in [5.41, 5.74) is 3.33. The lowest BCUT2D eigenvalue weighted by molar-refractivity contribution is -0.124. The number of fused-ring (bicyclic) bond motifs is 1. The van der Waals surface area contributed by atoms with E-state index < -0.39 is 0 Å². The maximum atomic E-state index is 13.0. The van der Waals surface area contributed by atoms with Crippen LogP contribution in [0.4, 0.5) is 5.69 Å². The van der Waals surface area contributed by atoms with Crippen LogP contribution in [0.3, 0.4) is 0 Å². The van der Waals surface area contributed by atoms with Crippen molar-refractivity contribution in [1.82, 2.24) is 15.2 Å². The first-order valence-electron chi connectivity index (χ1n) is 9.98. The highest BCUT2D eigenvalue weighted by molar-refractivity contribution is 5.97. The molecule has 0 radical (unpaired) electrons. The molecule has 0 atom stereocenters. The van der Waals surface area contributed by atoms with E-state index >= 15 is 0 Å². The van der Waals surface area contributed by atoms with E-state index in [0.29, 0.717) is 13.1 Å². The summed E-state index contributed by atoms with van der Waals surface area (Å²) >= 11 is 0. The molecule has 0 spiro atoms. The SMILES string of the molecule is O=C(CN1CCC(C(=O)N2CCc3ccccc32)CC1)NCc1cccnc1. The first-order chi connectivity index (χ1) is 13.7. The van der Waals surface area contributed by atoms with E-state index in [0.717, 1.165) is 50.1 Å². The molecule has 0 unspecified atom stereocenters. The summed E-state index contributed by atoms with van der Waals surface area (Å²) < 4.78 is 0. The van der Waals surface area contributed by atoms with Crippen LogP contribution in [0.15, 0.2) is 48.8 Å². The molecule has 2 aromatic rings. The number of aromatic nitrogens is 1. The fraction of sp³-hybridized carbons (Fsp3) is 0.409. The molecule has 1 saturated heterocycles. The molecular weight excluding hydrogens is 352 g/mol. The Bertz CT molecular complexity index is 831. The second-order valence-corrected chi connectivity index (χ2v) is 7.56. The van der Waals surface area contributed by atoms with Gasteiger partial charge in [0, 0.05) is 37.1 Å². The van der Waals surface area contributed by atoms with Crippen molar-refractivity contribution < 1.29 is 9.59 Å². The van der Waals surface area contributed by atoms with Gasteiger partial charge in [-0.2, -0.15) is 0 Å². The number of hydrogen-bond donors (Lipinski definition) is 1. The number of rotatable bonds is 5. The predicted molar refractivity (Wildman–Crippen MR) is 108 cm³/mol. The molecule has 1 aromatic heterocycles. The van der Waals surface area contributed by atoms with Gasteiger partial charge in [0.25, 0.3) is 0 Å². The zero-order chi connectivity index (χ0) is 19.3. The van der Waals surface area contributed by atoms with Crippen LogP contribution >= 0.6 is 0 Å². The summed E-state index contributed by atoms with van der Waals surface area (Å²) in [4.78, 5) is 33.3. The van der Waals surface area contributed by atoms with E-state index in [1.54, 1.807) is 12.4 Å². The van der Waals surface area contributed by atoms with Gasteiger partial charge in [0.15, 0.2) is 0 Å². The van der Waals surface area contributed by atoms with E-state index in [-0.39, 0.29) is 17.7 Å². The van der Waals surface area contributed by atoms with Crippen LogP contribution in [-0.2, 0) is 22.6 Å². The number of carbonyl (C=O) groups excluding carboxylic acids is 2. The Kier molecular flexibility index (Phi) is 5.67. The van der Waals surface area contributed by atoms with Crippen LogP contribution in [0.2, 0.25) is 0 Å². The Hall–Kier alpha value is -2.73. The second-order valence-electron chi connectivity index (χ2n) is 7.56. The number of anilines is 1. The largest absolute Gasteiger partial charge is 0.351 e. The van der Waals surface area contributed by atoms with Gasteiger partial charge in [0.05, 0.1) is 6.54 Å². The number of benzene rings is 1. The number of hydrogen-bond acceptors (Lipinski definition) is 4. The van der Waals surface area contributed by atoms with Gasteiger partial charge in [-0.1, -0.05) is 24.3 Å². The number of carbonyl (C=O) groups is 2. The van der Waals surface area contributed by atoms with Gasteiger partial charge in [-0.15, -0.1) is 0 Å². The Morgan fingerprint density at radius 1 is 1.07 bits per heavy atom. The number of piperidine rings is 1. The molecule has 2 aliphatic rings. The number of nitrogens with zero attached hydrogens (tertiary/aromatic N) is 3. The normalized spacial score (nSPS) is 17.4. The van der Waals surface area contributed by atoms with Crippen LogP contribution in [0.25, 0.3) is 0 Å². The smallest absolute Gasteiger partial charge is 0.234 e. The lowest BCUT2D eigenvalue weighted by atomic mass is 9.95. The van der Waals surface area contributed by atoms with Crippen molar-refractivity contribution in [2.24, 2.45) is 5.92 Å². The van der Waals surface area contributed by atoms with Crippen LogP contribution in [0, 0.1) is 5.92 Å². The van der Waals surface area contributed by atoms with Crippen LogP contribution in [-0.4, -0.2) is 47.9 Å². The van der Waals surface area contributed by atoms with Gasteiger partial charge in [-0.05, 0) is 55.6 Å². The summed E-state index contributed by atoms with van der Waals surface area (Å²) in [6.45, 7) is 3.23. The minimum atomic E-state index is 0.0158. The van der Waals surface area contributed by atoms with Gasteiger partial charge in [-0.25, -0.2) is 0 Å². The lowest BCUT2D eigenvalue weighted by Crippen LogP contribution is -2.45. The van der Waals surface area contributed by atoms with E-state index in [1.165, 1.54) is 5.56 Å². The first kappa shape index (κ1) is 18.6. The van der Waals surface area contributed by atoms with E-state index in [9.17, 15) is 9.59 Å². The van der Waals surface area contributed by atoms with Crippen LogP contribution < -0.4 is 10.2 Å². The van der Waals surface area contributed by atoms with Gasteiger partial charge >= 0.3 is 0 Å². The Balaban J connectivity index is 1.23. The fourth-order valence-electron chi connectivity index (χ4n) is 4.09. The summed E-state index contributed by atoms with van der Waals surface area (Å²) in [5.74, 6) is 0.314. The Morgan fingerprint density at radius 3 is 2.68 bits per heavy atom. The number of amides is 2. The average Bonchev–Trinajstić information content (AvgIpc) is 3.17. The summed E-state index contributed by atoms with van der Waals surface area (Å²) in [5, 5.41) is 2.94. The topological polar surface area (TPSA) is 65.5 Å². The fourth-order valence-corrected chi connectivity index (χ4v) is 4.09. The average molecular weight is 378 g/mol. The van der Waals surface area contributed by atoms with E-state index in [2.05, 4.69) is 21.3 Å². The van der Waals surface area contributed by atoms with E-state index in [4.69, 9.17) is 0 Å². The van der Waals surface area contributed by atoms with Crippen molar-refractivity contribution in [1.29, 1.82) is 0 Å². The zero-order valence-electron chi connectivity index (χ0n) is 16.0. The molecule has 0 saturated carbocycles. The predicted octanol–water partition coefficient (Wildman–Crippen LogP) is 2.00. The van der Waals surface area contributed by atoms with Crippen molar-refractivity contribution in [2.45, 2.75) is 25.8 Å². The van der Waals surface area contributed by atoms with Crippen LogP contribution in [0.1, 0.15) is 24.0 Å².